The molecule has 4 heteroatoms. The molecule has 8 aromatic rings. The molecule has 8 rings (SSSR count). The van der Waals surface area contributed by atoms with Gasteiger partial charge in [-0.05, 0) is 44.7 Å². The van der Waals surface area contributed by atoms with Gasteiger partial charge in [-0.1, -0.05) is 130 Å². The molecule has 0 aliphatic rings. The third-order valence-corrected chi connectivity index (χ3v) is 8.83. The second-order valence-corrected chi connectivity index (χ2v) is 12.1. The van der Waals surface area contributed by atoms with Crippen LogP contribution in [0.1, 0.15) is 36.5 Å². The molecule has 8 aromatic carbocycles. The molecule has 0 spiro atoms. The summed E-state index contributed by atoms with van der Waals surface area (Å²) in [7, 11) is 0. The van der Waals surface area contributed by atoms with Crippen molar-refractivity contribution in [2.24, 2.45) is 0 Å². The fourth-order valence-corrected chi connectivity index (χ4v) is 6.48. The van der Waals surface area contributed by atoms with Crippen molar-refractivity contribution in [3.05, 3.63) is 171 Å². The third kappa shape index (κ3) is 8.73. The quantitative estimate of drug-likeness (QED) is 0.124. The van der Waals surface area contributed by atoms with Gasteiger partial charge >= 0.3 is 30.2 Å². The zero-order valence-electron chi connectivity index (χ0n) is 29.2. The number of hydrogen-bond donors (Lipinski definition) is 0. The Morgan fingerprint density at radius 2 is 1.14 bits per heavy atom. The van der Waals surface area contributed by atoms with Gasteiger partial charge < -0.3 is 14.9 Å². The molecule has 250 valence electrons. The van der Waals surface area contributed by atoms with E-state index in [1.165, 1.54) is 105 Å². The predicted octanol–water partition coefficient (Wildman–Crippen LogP) is 13.9. The molecule has 0 aromatic heterocycles. The van der Waals surface area contributed by atoms with Crippen LogP contribution in [-0.4, -0.2) is 6.88 Å². The molecule has 0 N–H and O–H groups in total. The summed E-state index contributed by atoms with van der Waals surface area (Å²) in [5, 5.41) is 10.7. The van der Waals surface area contributed by atoms with Gasteiger partial charge in [-0.2, -0.15) is 12.1 Å². The van der Waals surface area contributed by atoms with E-state index in [1.807, 2.05) is 0 Å². The minimum absolute atomic E-state index is 0. The van der Waals surface area contributed by atoms with E-state index in [1.54, 1.807) is 0 Å². The molecule has 2 radical (unpaired) electrons. The molecule has 0 bridgehead atoms. The molecule has 0 fully saturated rings. The molecule has 0 aliphatic heterocycles. The first-order valence-corrected chi connectivity index (χ1v) is 19.7. The Balaban J connectivity index is 0.000000301. The standard InChI is InChI=1S/C22H19.C21H17.2CH3.2ClH.Si.Zr/c1-15(2)20-13-18-8-5-9-21(22(18)14-20)19-11-10-16-6-3-4-7-17(16)12-19;1-14-12-20-15(2)10-11-19(21(20)13-14)18-9-5-7-16-6-3-4-8-17(16)18;;;;;;/h3-15H,1-2H3;3-13H,1-2H3;2*1H3;2*1H;;/q4*-1;;;;. The molecule has 0 aliphatic carbocycles. The Kier molecular flexibility index (Phi) is 16.0. The average molecular weight is 775 g/mol. The molecule has 0 unspecified atom stereocenters. The van der Waals surface area contributed by atoms with Gasteiger partial charge in [-0.25, -0.2) is 0 Å². The van der Waals surface area contributed by atoms with Crippen molar-refractivity contribution in [2.45, 2.75) is 33.6 Å². The van der Waals surface area contributed by atoms with Gasteiger partial charge in [0.1, 0.15) is 0 Å². The van der Waals surface area contributed by atoms with Crippen molar-refractivity contribution in [1.82, 2.24) is 0 Å². The van der Waals surface area contributed by atoms with Gasteiger partial charge in [-0.3, -0.25) is 0 Å². The summed E-state index contributed by atoms with van der Waals surface area (Å²) in [4.78, 5) is 0. The fraction of sp³-hybridized carbons (Fsp3) is 0.111. The SMILES string of the molecule is CC(C)c1cc2c(-c3ccc4ccccc4c3)cccc2[cH-]1.Cc1cc2c(-c3cccc4ccccc34)ccc(C)c2[cH-]1.Cl.Cl.[CH3-].[CH3-].[Si]=[Zr]. The monoisotopic (exact) mass is 772 g/mol. The van der Waals surface area contributed by atoms with E-state index >= 15 is 0 Å². The van der Waals surface area contributed by atoms with Gasteiger partial charge in [0.25, 0.3) is 0 Å². The zero-order chi connectivity index (χ0) is 31.5. The second-order valence-electron chi connectivity index (χ2n) is 12.1. The van der Waals surface area contributed by atoms with Crippen LogP contribution < -0.4 is 0 Å². The summed E-state index contributed by atoms with van der Waals surface area (Å²) in [6.07, 6.45) is 0. The Morgan fingerprint density at radius 3 is 1.88 bits per heavy atom. The second kappa shape index (κ2) is 18.7. The maximum absolute atomic E-state index is 3.06. The van der Waals surface area contributed by atoms with Crippen LogP contribution in [-0.2, 0) is 23.3 Å². The maximum atomic E-state index is 3.06. The molecule has 49 heavy (non-hydrogen) atoms. The molecule has 0 saturated heterocycles. The van der Waals surface area contributed by atoms with Crippen LogP contribution >= 0.6 is 24.8 Å². The Morgan fingerprint density at radius 1 is 0.531 bits per heavy atom. The first-order valence-electron chi connectivity index (χ1n) is 15.5. The van der Waals surface area contributed by atoms with Crippen LogP contribution in [0.3, 0.4) is 0 Å². The summed E-state index contributed by atoms with van der Waals surface area (Å²) in [6.45, 7) is 11.9. The van der Waals surface area contributed by atoms with Gasteiger partial charge in [0.2, 0.25) is 0 Å². The fourth-order valence-electron chi connectivity index (χ4n) is 6.48. The van der Waals surface area contributed by atoms with Crippen molar-refractivity contribution < 1.29 is 23.3 Å². The first-order chi connectivity index (χ1) is 22.0. The van der Waals surface area contributed by atoms with E-state index in [4.69, 9.17) is 0 Å². The summed E-state index contributed by atoms with van der Waals surface area (Å²) in [5.41, 5.74) is 9.38. The van der Waals surface area contributed by atoms with Crippen molar-refractivity contribution in [3.63, 3.8) is 0 Å². The third-order valence-electron chi connectivity index (χ3n) is 8.83. The van der Waals surface area contributed by atoms with Crippen LogP contribution in [0, 0.1) is 28.7 Å². The molecule has 0 saturated carbocycles. The molecule has 0 atom stereocenters. The summed E-state index contributed by atoms with van der Waals surface area (Å²) >= 11 is 1.36. The molecule has 0 nitrogen and oxygen atoms in total. The molecule has 0 amide bonds. The van der Waals surface area contributed by atoms with Crippen LogP contribution in [0.15, 0.2) is 140 Å². The molecular formula is C45H44Cl2SiZr-4. The number of aryl methyl sites for hydroxylation is 2. The van der Waals surface area contributed by atoms with Crippen LogP contribution in [0.5, 0.6) is 0 Å². The van der Waals surface area contributed by atoms with Crippen molar-refractivity contribution in [1.29, 1.82) is 0 Å². The summed E-state index contributed by atoms with van der Waals surface area (Å²) in [5.74, 6) is 0.567. The Bertz CT molecular complexity index is 2270. The van der Waals surface area contributed by atoms with Crippen molar-refractivity contribution in [2.75, 3.05) is 0 Å². The predicted molar refractivity (Wildman–Crippen MR) is 222 cm³/mol. The minimum atomic E-state index is 0. The Labute approximate surface area is 322 Å². The Hall–Kier alpha value is -3.26. The normalized spacial score (nSPS) is 10.1. The first kappa shape index (κ1) is 41.9. The number of rotatable bonds is 3. The van der Waals surface area contributed by atoms with Gasteiger partial charge in [-0.15, -0.1) is 93.4 Å². The van der Waals surface area contributed by atoms with E-state index in [0.717, 1.165) is 0 Å². The molecular weight excluding hydrogens is 731 g/mol. The number of benzene rings is 6. The summed E-state index contributed by atoms with van der Waals surface area (Å²) < 4.78 is 0. The van der Waals surface area contributed by atoms with E-state index < -0.39 is 0 Å². The number of fused-ring (bicyclic) bond motifs is 4. The van der Waals surface area contributed by atoms with Crippen LogP contribution in [0.25, 0.3) is 65.3 Å². The van der Waals surface area contributed by atoms with Crippen LogP contribution in [0.4, 0.5) is 0 Å². The van der Waals surface area contributed by atoms with Crippen molar-refractivity contribution in [3.8, 4) is 22.3 Å². The van der Waals surface area contributed by atoms with E-state index in [9.17, 15) is 0 Å². The van der Waals surface area contributed by atoms with Gasteiger partial charge in [0.05, 0.1) is 0 Å². The van der Waals surface area contributed by atoms with Gasteiger partial charge in [0.15, 0.2) is 0 Å². The van der Waals surface area contributed by atoms with E-state index in [2.05, 4.69) is 174 Å². The van der Waals surface area contributed by atoms with E-state index in [0.29, 0.717) is 5.92 Å². The number of halogens is 2. The average Bonchev–Trinajstić information content (AvgIpc) is 3.70. The molecule has 0 heterocycles. The van der Waals surface area contributed by atoms with Crippen LogP contribution in [0.2, 0.25) is 0 Å². The zero-order valence-corrected chi connectivity index (χ0v) is 34.3. The number of hydrogen-bond acceptors (Lipinski definition) is 0. The topological polar surface area (TPSA) is 0 Å². The van der Waals surface area contributed by atoms with Gasteiger partial charge in [0, 0.05) is 0 Å². The van der Waals surface area contributed by atoms with E-state index in [-0.39, 0.29) is 39.7 Å². The summed E-state index contributed by atoms with van der Waals surface area (Å²) in [6, 6.07) is 50.9. The van der Waals surface area contributed by atoms with Crippen molar-refractivity contribution >= 4 is 74.8 Å².